The van der Waals surface area contributed by atoms with Crippen LogP contribution in [0.15, 0.2) is 11.4 Å². The minimum absolute atomic E-state index is 0.190. The lowest BCUT2D eigenvalue weighted by molar-refractivity contribution is -0.133. The second kappa shape index (κ2) is 6.73. The summed E-state index contributed by atoms with van der Waals surface area (Å²) >= 11 is 7.47. The van der Waals surface area contributed by atoms with Crippen molar-refractivity contribution in [1.82, 2.24) is 4.90 Å². The van der Waals surface area contributed by atoms with Crippen molar-refractivity contribution in [2.24, 2.45) is 5.92 Å². The molecule has 1 N–H and O–H groups in total. The SMILES string of the molecule is CC(O)C1CCCN(C(=O)CCc2cc(Cl)cs2)C1. The third-order valence-corrected chi connectivity index (χ3v) is 5.04. The Labute approximate surface area is 123 Å². The number of carbonyl (C=O) groups is 1. The maximum absolute atomic E-state index is 12.2. The number of nitrogens with zero attached hydrogens (tertiary/aromatic N) is 1. The maximum Gasteiger partial charge on any atom is 0.222 e. The van der Waals surface area contributed by atoms with E-state index >= 15 is 0 Å². The second-order valence-electron chi connectivity index (χ2n) is 5.21. The largest absolute Gasteiger partial charge is 0.393 e. The van der Waals surface area contributed by atoms with Crippen LogP contribution in [-0.4, -0.2) is 35.1 Å². The van der Waals surface area contributed by atoms with E-state index in [1.807, 2.05) is 23.3 Å². The number of rotatable bonds is 4. The first-order valence-electron chi connectivity index (χ1n) is 6.75. The number of halogens is 1. The zero-order chi connectivity index (χ0) is 13.8. The van der Waals surface area contributed by atoms with Crippen LogP contribution in [-0.2, 0) is 11.2 Å². The van der Waals surface area contributed by atoms with Crippen LogP contribution >= 0.6 is 22.9 Å². The lowest BCUT2D eigenvalue weighted by Crippen LogP contribution is -2.43. The molecule has 0 bridgehead atoms. The number of thiophene rings is 1. The van der Waals surface area contributed by atoms with Gasteiger partial charge in [0.15, 0.2) is 0 Å². The number of piperidine rings is 1. The Bertz CT molecular complexity index is 433. The highest BCUT2D eigenvalue weighted by molar-refractivity contribution is 7.10. The molecule has 106 valence electrons. The minimum Gasteiger partial charge on any atom is -0.393 e. The minimum atomic E-state index is -0.327. The molecule has 0 saturated carbocycles. The summed E-state index contributed by atoms with van der Waals surface area (Å²) in [5, 5.41) is 12.3. The molecular formula is C14H20ClNO2S. The van der Waals surface area contributed by atoms with Crippen LogP contribution in [0.25, 0.3) is 0 Å². The van der Waals surface area contributed by atoms with Crippen molar-refractivity contribution in [3.8, 4) is 0 Å². The van der Waals surface area contributed by atoms with Gasteiger partial charge < -0.3 is 10.0 Å². The van der Waals surface area contributed by atoms with Crippen molar-refractivity contribution in [3.05, 3.63) is 21.3 Å². The Balaban J connectivity index is 1.82. The smallest absolute Gasteiger partial charge is 0.222 e. The number of amides is 1. The van der Waals surface area contributed by atoms with Crippen LogP contribution in [0.5, 0.6) is 0 Å². The van der Waals surface area contributed by atoms with E-state index in [-0.39, 0.29) is 17.9 Å². The van der Waals surface area contributed by atoms with Gasteiger partial charge in [-0.15, -0.1) is 11.3 Å². The summed E-state index contributed by atoms with van der Waals surface area (Å²) < 4.78 is 0. The van der Waals surface area contributed by atoms with Crippen LogP contribution in [0.3, 0.4) is 0 Å². The fourth-order valence-corrected chi connectivity index (χ4v) is 3.58. The van der Waals surface area contributed by atoms with Crippen molar-refractivity contribution in [2.45, 2.75) is 38.7 Å². The Morgan fingerprint density at radius 1 is 1.68 bits per heavy atom. The van der Waals surface area contributed by atoms with Crippen molar-refractivity contribution < 1.29 is 9.90 Å². The predicted octanol–water partition coefficient (Wildman–Crippen LogP) is 2.95. The first kappa shape index (κ1) is 14.8. The zero-order valence-electron chi connectivity index (χ0n) is 11.1. The van der Waals surface area contributed by atoms with Crippen molar-refractivity contribution in [3.63, 3.8) is 0 Å². The van der Waals surface area contributed by atoms with E-state index in [0.717, 1.165) is 35.7 Å². The van der Waals surface area contributed by atoms with Gasteiger partial charge in [0, 0.05) is 35.7 Å². The summed E-state index contributed by atoms with van der Waals surface area (Å²) in [5.41, 5.74) is 0. The molecule has 0 aromatic carbocycles. The summed E-state index contributed by atoms with van der Waals surface area (Å²) in [6.07, 6.45) is 2.97. The van der Waals surface area contributed by atoms with E-state index in [4.69, 9.17) is 11.6 Å². The predicted molar refractivity (Wildman–Crippen MR) is 78.6 cm³/mol. The molecule has 1 saturated heterocycles. The molecule has 0 radical (unpaired) electrons. The van der Waals surface area contributed by atoms with Gasteiger partial charge in [-0.1, -0.05) is 11.6 Å². The molecule has 1 aliphatic rings. The first-order chi connectivity index (χ1) is 9.06. The average molecular weight is 302 g/mol. The number of hydrogen-bond donors (Lipinski definition) is 1. The summed E-state index contributed by atoms with van der Waals surface area (Å²) in [5.74, 6) is 0.420. The molecule has 1 aliphatic heterocycles. The normalized spacial score (nSPS) is 21.4. The molecule has 5 heteroatoms. The molecule has 2 atom stereocenters. The highest BCUT2D eigenvalue weighted by Gasteiger charge is 2.26. The van der Waals surface area contributed by atoms with Gasteiger partial charge in [-0.3, -0.25) is 4.79 Å². The highest BCUT2D eigenvalue weighted by Crippen LogP contribution is 2.23. The Morgan fingerprint density at radius 3 is 3.11 bits per heavy atom. The molecule has 1 aromatic rings. The first-order valence-corrected chi connectivity index (χ1v) is 8.01. The number of aliphatic hydroxyl groups excluding tert-OH is 1. The molecule has 2 heterocycles. The molecule has 3 nitrogen and oxygen atoms in total. The molecule has 0 aliphatic carbocycles. The Morgan fingerprint density at radius 2 is 2.47 bits per heavy atom. The summed E-state index contributed by atoms with van der Waals surface area (Å²) in [6, 6.07) is 1.92. The monoisotopic (exact) mass is 301 g/mol. The van der Waals surface area contributed by atoms with Crippen molar-refractivity contribution in [1.29, 1.82) is 0 Å². The lowest BCUT2D eigenvalue weighted by Gasteiger charge is -2.34. The third-order valence-electron chi connectivity index (χ3n) is 3.70. The van der Waals surface area contributed by atoms with Gasteiger partial charge in [-0.2, -0.15) is 0 Å². The molecule has 0 spiro atoms. The van der Waals surface area contributed by atoms with Crippen LogP contribution in [0.1, 0.15) is 31.1 Å². The molecule has 2 unspecified atom stereocenters. The Kier molecular flexibility index (Phi) is 5.25. The number of carbonyl (C=O) groups excluding carboxylic acids is 1. The maximum atomic E-state index is 12.2. The van der Waals surface area contributed by atoms with E-state index in [0.29, 0.717) is 13.0 Å². The number of aryl methyl sites for hydroxylation is 1. The van der Waals surface area contributed by atoms with Gasteiger partial charge in [-0.05, 0) is 32.3 Å². The zero-order valence-corrected chi connectivity index (χ0v) is 12.7. The van der Waals surface area contributed by atoms with E-state index in [9.17, 15) is 9.90 Å². The van der Waals surface area contributed by atoms with E-state index in [1.54, 1.807) is 11.3 Å². The molecular weight excluding hydrogens is 282 g/mol. The Hall–Kier alpha value is -0.580. The van der Waals surface area contributed by atoms with Crippen LogP contribution in [0.2, 0.25) is 5.02 Å². The highest BCUT2D eigenvalue weighted by atomic mass is 35.5. The summed E-state index contributed by atoms with van der Waals surface area (Å²) in [4.78, 5) is 15.2. The fraction of sp³-hybridized carbons (Fsp3) is 0.643. The van der Waals surface area contributed by atoms with Crippen LogP contribution in [0.4, 0.5) is 0 Å². The van der Waals surface area contributed by atoms with Crippen molar-refractivity contribution >= 4 is 28.8 Å². The molecule has 1 amide bonds. The van der Waals surface area contributed by atoms with E-state index in [2.05, 4.69) is 0 Å². The number of aliphatic hydroxyl groups is 1. The van der Waals surface area contributed by atoms with E-state index in [1.165, 1.54) is 0 Å². The number of likely N-dealkylation sites (tertiary alicyclic amines) is 1. The molecule has 19 heavy (non-hydrogen) atoms. The lowest BCUT2D eigenvalue weighted by atomic mass is 9.93. The second-order valence-corrected chi connectivity index (χ2v) is 6.65. The third kappa shape index (κ3) is 4.20. The van der Waals surface area contributed by atoms with Gasteiger partial charge in [0.2, 0.25) is 5.91 Å². The summed E-state index contributed by atoms with van der Waals surface area (Å²) in [7, 11) is 0. The fourth-order valence-electron chi connectivity index (χ4n) is 2.50. The average Bonchev–Trinajstić information content (AvgIpc) is 2.82. The van der Waals surface area contributed by atoms with Gasteiger partial charge in [0.25, 0.3) is 0 Å². The topological polar surface area (TPSA) is 40.5 Å². The molecule has 1 aromatic heterocycles. The van der Waals surface area contributed by atoms with Crippen LogP contribution < -0.4 is 0 Å². The quantitative estimate of drug-likeness (QED) is 0.929. The van der Waals surface area contributed by atoms with Crippen LogP contribution in [0, 0.1) is 5.92 Å². The van der Waals surface area contributed by atoms with E-state index < -0.39 is 0 Å². The summed E-state index contributed by atoms with van der Waals surface area (Å²) in [6.45, 7) is 3.33. The van der Waals surface area contributed by atoms with Gasteiger partial charge in [0.1, 0.15) is 0 Å². The van der Waals surface area contributed by atoms with Gasteiger partial charge in [-0.25, -0.2) is 0 Å². The number of hydrogen-bond acceptors (Lipinski definition) is 3. The van der Waals surface area contributed by atoms with Crippen molar-refractivity contribution in [2.75, 3.05) is 13.1 Å². The van der Waals surface area contributed by atoms with Gasteiger partial charge in [0.05, 0.1) is 11.1 Å². The van der Waals surface area contributed by atoms with Gasteiger partial charge >= 0.3 is 0 Å². The molecule has 1 fully saturated rings. The standard InChI is InChI=1S/C14H20ClNO2S/c1-10(17)11-3-2-6-16(8-11)14(18)5-4-13-7-12(15)9-19-13/h7,9-11,17H,2-6,8H2,1H3. The molecule has 2 rings (SSSR count).